The van der Waals surface area contributed by atoms with Crippen LogP contribution in [0.4, 0.5) is 0 Å². The Bertz CT molecular complexity index is 469. The zero-order valence-electron chi connectivity index (χ0n) is 15.8. The number of hydrogen-bond donors (Lipinski definition) is 2. The molecule has 0 heterocycles. The molecule has 0 fully saturated rings. The van der Waals surface area contributed by atoms with Crippen molar-refractivity contribution in [1.29, 1.82) is 0 Å². The summed E-state index contributed by atoms with van der Waals surface area (Å²) in [6.45, 7) is 2.80. The van der Waals surface area contributed by atoms with Crippen molar-refractivity contribution in [2.45, 2.75) is 44.8 Å². The van der Waals surface area contributed by atoms with Crippen LogP contribution in [0.25, 0.3) is 0 Å². The Morgan fingerprint density at radius 2 is 2.19 bits per heavy atom. The molecule has 6 heteroatoms. The summed E-state index contributed by atoms with van der Waals surface area (Å²) in [7, 11) is 1.60. The first kappa shape index (κ1) is 22.6. The van der Waals surface area contributed by atoms with E-state index in [4.69, 9.17) is 19.3 Å². The van der Waals surface area contributed by atoms with Gasteiger partial charge in [-0.15, -0.1) is 0 Å². The van der Waals surface area contributed by atoms with Gasteiger partial charge in [-0.25, -0.2) is 4.79 Å². The van der Waals surface area contributed by atoms with E-state index in [0.29, 0.717) is 13.2 Å². The molecular formula is C20H32O6. The van der Waals surface area contributed by atoms with Crippen LogP contribution in [-0.4, -0.2) is 55.5 Å². The minimum Gasteiger partial charge on any atom is -0.478 e. The van der Waals surface area contributed by atoms with Gasteiger partial charge in [0.15, 0.2) is 0 Å². The van der Waals surface area contributed by atoms with Gasteiger partial charge in [0.2, 0.25) is 0 Å². The molecule has 0 aromatic heterocycles. The molecule has 0 aromatic rings. The summed E-state index contributed by atoms with van der Waals surface area (Å²) < 4.78 is 16.0. The standard InChI is InChI=1S/C20H32O6/c1-16(21)7-4-3-5-8-17-9-6-10-18(17)19(11-12-20(22)23)26-15-25-14-13-24-2/h5-6,8,10-12,16-19,21H,3-4,7,9,13-15H2,1-2H3,(H,22,23)/b8-5+,12-11+/t16-,17+,18+,19+/m0/s1. The van der Waals surface area contributed by atoms with E-state index in [0.717, 1.165) is 31.8 Å². The predicted octanol–water partition coefficient (Wildman–Crippen LogP) is 2.93. The van der Waals surface area contributed by atoms with Crippen molar-refractivity contribution in [1.82, 2.24) is 0 Å². The smallest absolute Gasteiger partial charge is 0.328 e. The lowest BCUT2D eigenvalue weighted by Gasteiger charge is -2.24. The fraction of sp³-hybridized carbons (Fsp3) is 0.650. The summed E-state index contributed by atoms with van der Waals surface area (Å²) in [4.78, 5) is 10.9. The van der Waals surface area contributed by atoms with E-state index in [1.54, 1.807) is 20.1 Å². The largest absolute Gasteiger partial charge is 0.478 e. The van der Waals surface area contributed by atoms with Gasteiger partial charge in [-0.05, 0) is 44.6 Å². The Labute approximate surface area is 156 Å². The minimum absolute atomic E-state index is 0.0737. The van der Waals surface area contributed by atoms with E-state index in [1.807, 2.05) is 0 Å². The van der Waals surface area contributed by atoms with Crippen molar-refractivity contribution in [2.24, 2.45) is 11.8 Å². The van der Waals surface area contributed by atoms with E-state index in [-0.39, 0.29) is 30.8 Å². The maximum atomic E-state index is 10.9. The summed E-state index contributed by atoms with van der Waals surface area (Å²) in [5.74, 6) is -0.653. The average molecular weight is 368 g/mol. The van der Waals surface area contributed by atoms with Crippen molar-refractivity contribution < 1.29 is 29.2 Å². The number of hydrogen-bond acceptors (Lipinski definition) is 5. The molecule has 0 radical (unpaired) electrons. The van der Waals surface area contributed by atoms with Crippen molar-refractivity contribution in [2.75, 3.05) is 27.1 Å². The fourth-order valence-corrected chi connectivity index (χ4v) is 2.85. The molecule has 0 saturated carbocycles. The van der Waals surface area contributed by atoms with Gasteiger partial charge in [-0.1, -0.05) is 24.3 Å². The summed E-state index contributed by atoms with van der Waals surface area (Å²) in [6, 6.07) is 0. The van der Waals surface area contributed by atoms with Gasteiger partial charge in [0, 0.05) is 19.1 Å². The quantitative estimate of drug-likeness (QED) is 0.212. The Morgan fingerprint density at radius 3 is 2.88 bits per heavy atom. The normalized spacial score (nSPS) is 22.4. The Balaban J connectivity index is 2.56. The number of aliphatic hydroxyl groups excluding tert-OH is 1. The molecule has 6 nitrogen and oxygen atoms in total. The molecule has 1 aliphatic carbocycles. The van der Waals surface area contributed by atoms with E-state index < -0.39 is 5.97 Å². The van der Waals surface area contributed by atoms with E-state index in [2.05, 4.69) is 24.3 Å². The van der Waals surface area contributed by atoms with Crippen LogP contribution in [0.5, 0.6) is 0 Å². The van der Waals surface area contributed by atoms with Crippen molar-refractivity contribution >= 4 is 5.97 Å². The van der Waals surface area contributed by atoms with Gasteiger partial charge in [0.25, 0.3) is 0 Å². The van der Waals surface area contributed by atoms with Crippen LogP contribution in [0.1, 0.15) is 32.6 Å². The molecule has 4 atom stereocenters. The van der Waals surface area contributed by atoms with E-state index in [9.17, 15) is 9.90 Å². The molecule has 1 aliphatic rings. The maximum Gasteiger partial charge on any atom is 0.328 e. The third kappa shape index (κ3) is 9.87. The number of aliphatic hydroxyl groups is 1. The zero-order valence-corrected chi connectivity index (χ0v) is 15.8. The van der Waals surface area contributed by atoms with Gasteiger partial charge in [0.1, 0.15) is 6.79 Å². The number of rotatable bonds is 14. The summed E-state index contributed by atoms with van der Waals surface area (Å²) >= 11 is 0. The SMILES string of the molecule is COCCOCO[C@H](/C=C/C(=O)O)[C@@H]1C=CC[C@H]1/C=C/CCC[C@H](C)O. The number of methoxy groups -OCH3 is 1. The number of ether oxygens (including phenoxy) is 3. The van der Waals surface area contributed by atoms with Gasteiger partial charge in [-0.3, -0.25) is 0 Å². The number of carbonyl (C=O) groups is 1. The van der Waals surface area contributed by atoms with Crippen LogP contribution in [0.15, 0.2) is 36.5 Å². The van der Waals surface area contributed by atoms with Crippen LogP contribution >= 0.6 is 0 Å². The highest BCUT2D eigenvalue weighted by Gasteiger charge is 2.28. The van der Waals surface area contributed by atoms with Crippen molar-refractivity contribution in [3.8, 4) is 0 Å². The number of carboxylic acids is 1. The number of carboxylic acid groups (broad SMARTS) is 1. The van der Waals surface area contributed by atoms with Crippen LogP contribution in [0, 0.1) is 11.8 Å². The zero-order chi connectivity index (χ0) is 19.2. The lowest BCUT2D eigenvalue weighted by atomic mass is 9.89. The topological polar surface area (TPSA) is 85.2 Å². The first-order chi connectivity index (χ1) is 12.5. The second-order valence-corrected chi connectivity index (χ2v) is 6.46. The number of allylic oxidation sites excluding steroid dienone is 3. The third-order valence-corrected chi connectivity index (χ3v) is 4.22. The number of unbranched alkanes of at least 4 members (excludes halogenated alkanes) is 1. The fourth-order valence-electron chi connectivity index (χ4n) is 2.85. The first-order valence-electron chi connectivity index (χ1n) is 9.15. The lowest BCUT2D eigenvalue weighted by Crippen LogP contribution is -2.26. The molecule has 0 amide bonds. The van der Waals surface area contributed by atoms with Gasteiger partial charge in [0.05, 0.1) is 25.4 Å². The molecule has 2 N–H and O–H groups in total. The van der Waals surface area contributed by atoms with Crippen molar-refractivity contribution in [3.63, 3.8) is 0 Å². The monoisotopic (exact) mass is 368 g/mol. The summed E-state index contributed by atoms with van der Waals surface area (Å²) in [5, 5.41) is 18.2. The molecule has 0 unspecified atom stereocenters. The summed E-state index contributed by atoms with van der Waals surface area (Å²) in [6.07, 6.45) is 14.1. The number of aliphatic carboxylic acids is 1. The van der Waals surface area contributed by atoms with E-state index in [1.165, 1.54) is 0 Å². The first-order valence-corrected chi connectivity index (χ1v) is 9.15. The van der Waals surface area contributed by atoms with Gasteiger partial charge in [-0.2, -0.15) is 0 Å². The molecular weight excluding hydrogens is 336 g/mol. The van der Waals surface area contributed by atoms with Crippen LogP contribution in [0.2, 0.25) is 0 Å². The highest BCUT2D eigenvalue weighted by atomic mass is 16.7. The Morgan fingerprint density at radius 1 is 1.38 bits per heavy atom. The molecule has 0 aliphatic heterocycles. The van der Waals surface area contributed by atoms with Gasteiger partial charge < -0.3 is 24.4 Å². The van der Waals surface area contributed by atoms with Crippen molar-refractivity contribution in [3.05, 3.63) is 36.5 Å². The van der Waals surface area contributed by atoms with Gasteiger partial charge >= 0.3 is 5.97 Å². The second-order valence-electron chi connectivity index (χ2n) is 6.46. The predicted molar refractivity (Wildman–Crippen MR) is 99.8 cm³/mol. The summed E-state index contributed by atoms with van der Waals surface area (Å²) in [5.41, 5.74) is 0. The average Bonchev–Trinajstić information content (AvgIpc) is 3.05. The second kappa shape index (κ2) is 13.7. The molecule has 0 aromatic carbocycles. The van der Waals surface area contributed by atoms with E-state index >= 15 is 0 Å². The molecule has 0 spiro atoms. The molecule has 26 heavy (non-hydrogen) atoms. The molecule has 0 saturated heterocycles. The lowest BCUT2D eigenvalue weighted by molar-refractivity contribution is -0.131. The third-order valence-electron chi connectivity index (χ3n) is 4.22. The Kier molecular flexibility index (Phi) is 11.9. The Hall–Kier alpha value is -1.47. The minimum atomic E-state index is -0.994. The maximum absolute atomic E-state index is 10.9. The van der Waals surface area contributed by atoms with Crippen LogP contribution < -0.4 is 0 Å². The highest BCUT2D eigenvalue weighted by Crippen LogP contribution is 2.31. The highest BCUT2D eigenvalue weighted by molar-refractivity contribution is 5.79. The molecule has 148 valence electrons. The van der Waals surface area contributed by atoms with Crippen LogP contribution in [-0.2, 0) is 19.0 Å². The molecule has 0 bridgehead atoms. The van der Waals surface area contributed by atoms with Crippen LogP contribution in [0.3, 0.4) is 0 Å². The molecule has 1 rings (SSSR count).